The zero-order chi connectivity index (χ0) is 19.8. The summed E-state index contributed by atoms with van der Waals surface area (Å²) in [4.78, 5) is 11.9. The third kappa shape index (κ3) is 5.62. The highest BCUT2D eigenvalue weighted by molar-refractivity contribution is 9.10. The molecule has 2 aromatic carbocycles. The lowest BCUT2D eigenvalue weighted by Crippen LogP contribution is -2.24. The molecule has 0 saturated carbocycles. The standard InChI is InChI=1S/C19H21BrN2O5/c1-12-5-6-15(14(20)7-12)27-11-18(23)22-21-10-13-8-16(24-2)19(26-4)17(9-13)25-3/h5-10H,11H2,1-4H3,(H,22,23)/b21-10+. The molecular formula is C19H21BrN2O5. The van der Waals surface area contributed by atoms with Crippen molar-refractivity contribution in [1.82, 2.24) is 5.43 Å². The summed E-state index contributed by atoms with van der Waals surface area (Å²) in [6.45, 7) is 1.81. The van der Waals surface area contributed by atoms with Crippen molar-refractivity contribution in [1.29, 1.82) is 0 Å². The zero-order valence-corrected chi connectivity index (χ0v) is 17.1. The molecule has 7 nitrogen and oxygen atoms in total. The number of hydrogen-bond acceptors (Lipinski definition) is 6. The van der Waals surface area contributed by atoms with Crippen LogP contribution in [0.25, 0.3) is 0 Å². The van der Waals surface area contributed by atoms with E-state index in [1.54, 1.807) is 18.2 Å². The van der Waals surface area contributed by atoms with E-state index in [4.69, 9.17) is 18.9 Å². The molecule has 27 heavy (non-hydrogen) atoms. The van der Waals surface area contributed by atoms with Gasteiger partial charge in [0.25, 0.3) is 5.91 Å². The van der Waals surface area contributed by atoms with Gasteiger partial charge in [-0.25, -0.2) is 5.43 Å². The summed E-state index contributed by atoms with van der Waals surface area (Å²) in [5.41, 5.74) is 4.18. The molecule has 0 atom stereocenters. The summed E-state index contributed by atoms with van der Waals surface area (Å²) in [5, 5.41) is 3.93. The maximum absolute atomic E-state index is 11.9. The highest BCUT2D eigenvalue weighted by atomic mass is 79.9. The number of methoxy groups -OCH3 is 3. The molecule has 0 unspecified atom stereocenters. The SMILES string of the molecule is COc1cc(/C=N/NC(=O)COc2ccc(C)cc2Br)cc(OC)c1OC. The van der Waals surface area contributed by atoms with Crippen molar-refractivity contribution in [3.05, 3.63) is 45.9 Å². The third-order valence-corrected chi connectivity index (χ3v) is 4.16. The lowest BCUT2D eigenvalue weighted by atomic mass is 10.2. The van der Waals surface area contributed by atoms with E-state index in [9.17, 15) is 4.79 Å². The Morgan fingerprint density at radius 1 is 1.07 bits per heavy atom. The first-order valence-electron chi connectivity index (χ1n) is 7.99. The molecule has 0 heterocycles. The molecule has 1 N–H and O–H groups in total. The zero-order valence-electron chi connectivity index (χ0n) is 15.5. The molecule has 0 bridgehead atoms. The van der Waals surface area contributed by atoms with Crippen LogP contribution in [0.4, 0.5) is 0 Å². The summed E-state index contributed by atoms with van der Waals surface area (Å²) in [7, 11) is 4.59. The second kappa shape index (κ2) is 9.82. The summed E-state index contributed by atoms with van der Waals surface area (Å²) >= 11 is 3.40. The lowest BCUT2D eigenvalue weighted by molar-refractivity contribution is -0.123. The minimum Gasteiger partial charge on any atom is -0.493 e. The molecule has 8 heteroatoms. The number of nitrogens with zero attached hydrogens (tertiary/aromatic N) is 1. The molecule has 144 valence electrons. The van der Waals surface area contributed by atoms with Crippen molar-refractivity contribution in [3.8, 4) is 23.0 Å². The number of hydrogen-bond donors (Lipinski definition) is 1. The Morgan fingerprint density at radius 3 is 2.30 bits per heavy atom. The van der Waals surface area contributed by atoms with Crippen LogP contribution in [0.15, 0.2) is 39.9 Å². The largest absolute Gasteiger partial charge is 0.493 e. The predicted molar refractivity (Wildman–Crippen MR) is 106 cm³/mol. The van der Waals surface area contributed by atoms with Gasteiger partial charge >= 0.3 is 0 Å². The molecule has 0 fully saturated rings. The van der Waals surface area contributed by atoms with Crippen LogP contribution in [-0.2, 0) is 4.79 Å². The van der Waals surface area contributed by atoms with Crippen LogP contribution in [0.5, 0.6) is 23.0 Å². The Kier molecular flexibility index (Phi) is 7.48. The quantitative estimate of drug-likeness (QED) is 0.507. The molecule has 2 aromatic rings. The van der Waals surface area contributed by atoms with Crippen molar-refractivity contribution < 1.29 is 23.7 Å². The Labute approximate surface area is 166 Å². The smallest absolute Gasteiger partial charge is 0.277 e. The number of ether oxygens (including phenoxy) is 4. The first-order chi connectivity index (χ1) is 13.0. The van der Waals surface area contributed by atoms with Crippen LogP contribution in [0, 0.1) is 6.92 Å². The molecule has 1 amide bonds. The van der Waals surface area contributed by atoms with E-state index in [1.165, 1.54) is 27.5 Å². The maximum Gasteiger partial charge on any atom is 0.277 e. The number of nitrogens with one attached hydrogen (secondary N) is 1. The Morgan fingerprint density at radius 2 is 1.74 bits per heavy atom. The van der Waals surface area contributed by atoms with Crippen LogP contribution in [-0.4, -0.2) is 40.1 Å². The summed E-state index contributed by atoms with van der Waals surface area (Å²) in [6, 6.07) is 9.05. The Balaban J connectivity index is 1.97. The predicted octanol–water partition coefficient (Wildman–Crippen LogP) is 3.31. The van der Waals surface area contributed by atoms with Gasteiger partial charge in [-0.1, -0.05) is 6.07 Å². The summed E-state index contributed by atoms with van der Waals surface area (Å²) in [6.07, 6.45) is 1.48. The van der Waals surface area contributed by atoms with E-state index in [1.807, 2.05) is 19.1 Å². The number of carbonyl (C=O) groups is 1. The van der Waals surface area contributed by atoms with E-state index < -0.39 is 0 Å². The molecule has 0 aliphatic heterocycles. The number of amides is 1. The molecule has 0 aromatic heterocycles. The second-order valence-corrected chi connectivity index (χ2v) is 6.33. The fourth-order valence-corrected chi connectivity index (χ4v) is 2.86. The second-order valence-electron chi connectivity index (χ2n) is 5.47. The third-order valence-electron chi connectivity index (χ3n) is 3.54. The van der Waals surface area contributed by atoms with Gasteiger partial charge in [-0.3, -0.25) is 4.79 Å². The van der Waals surface area contributed by atoms with Crippen molar-refractivity contribution in [2.75, 3.05) is 27.9 Å². The number of aryl methyl sites for hydroxylation is 1. The first-order valence-corrected chi connectivity index (χ1v) is 8.78. The number of halogens is 1. The van der Waals surface area contributed by atoms with Crippen molar-refractivity contribution in [3.63, 3.8) is 0 Å². The van der Waals surface area contributed by atoms with Gasteiger partial charge < -0.3 is 18.9 Å². The normalized spacial score (nSPS) is 10.6. The molecular weight excluding hydrogens is 416 g/mol. The van der Waals surface area contributed by atoms with Crippen LogP contribution in [0.3, 0.4) is 0 Å². The van der Waals surface area contributed by atoms with Crippen LogP contribution in [0.1, 0.15) is 11.1 Å². The topological polar surface area (TPSA) is 78.4 Å². The molecule has 0 aliphatic rings. The first kappa shape index (κ1) is 20.6. The lowest BCUT2D eigenvalue weighted by Gasteiger charge is -2.12. The molecule has 0 saturated heterocycles. The van der Waals surface area contributed by atoms with E-state index in [-0.39, 0.29) is 12.5 Å². The van der Waals surface area contributed by atoms with Crippen LogP contribution < -0.4 is 24.4 Å². The van der Waals surface area contributed by atoms with Gasteiger partial charge in [0.05, 0.1) is 32.0 Å². The van der Waals surface area contributed by atoms with Gasteiger partial charge in [0.15, 0.2) is 18.1 Å². The molecule has 0 spiro atoms. The van der Waals surface area contributed by atoms with Crippen LogP contribution in [0.2, 0.25) is 0 Å². The fraction of sp³-hybridized carbons (Fsp3) is 0.263. The van der Waals surface area contributed by atoms with Gasteiger partial charge in [-0.2, -0.15) is 5.10 Å². The van der Waals surface area contributed by atoms with Crippen molar-refractivity contribution in [2.45, 2.75) is 6.92 Å². The number of rotatable bonds is 8. The number of benzene rings is 2. The minimum atomic E-state index is -0.383. The number of carbonyl (C=O) groups excluding carboxylic acids is 1. The minimum absolute atomic E-state index is 0.158. The van der Waals surface area contributed by atoms with Gasteiger partial charge in [0, 0.05) is 5.56 Å². The fourth-order valence-electron chi connectivity index (χ4n) is 2.25. The van der Waals surface area contributed by atoms with Gasteiger partial charge in [0.1, 0.15) is 5.75 Å². The van der Waals surface area contributed by atoms with Crippen molar-refractivity contribution in [2.24, 2.45) is 5.10 Å². The molecule has 0 aliphatic carbocycles. The average molecular weight is 437 g/mol. The summed E-state index contributed by atoms with van der Waals surface area (Å²) < 4.78 is 22.1. The van der Waals surface area contributed by atoms with E-state index in [0.717, 1.165) is 10.0 Å². The Hall–Kier alpha value is -2.74. The summed E-state index contributed by atoms with van der Waals surface area (Å²) in [5.74, 6) is 1.68. The maximum atomic E-state index is 11.9. The van der Waals surface area contributed by atoms with E-state index >= 15 is 0 Å². The van der Waals surface area contributed by atoms with Crippen LogP contribution >= 0.6 is 15.9 Å². The van der Waals surface area contributed by atoms with Gasteiger partial charge in [-0.15, -0.1) is 0 Å². The molecule has 2 rings (SSSR count). The van der Waals surface area contributed by atoms with Gasteiger partial charge in [0.2, 0.25) is 5.75 Å². The van der Waals surface area contributed by atoms with E-state index in [2.05, 4.69) is 26.5 Å². The van der Waals surface area contributed by atoms with E-state index in [0.29, 0.717) is 28.6 Å². The van der Waals surface area contributed by atoms with Crippen molar-refractivity contribution >= 4 is 28.1 Å². The average Bonchev–Trinajstić information content (AvgIpc) is 2.66. The highest BCUT2D eigenvalue weighted by Crippen LogP contribution is 2.37. The van der Waals surface area contributed by atoms with Gasteiger partial charge in [-0.05, 0) is 52.7 Å². The Bertz CT molecular complexity index is 814. The highest BCUT2D eigenvalue weighted by Gasteiger charge is 2.12. The monoisotopic (exact) mass is 436 g/mol. The number of hydrazone groups is 1. The molecule has 0 radical (unpaired) electrons.